The van der Waals surface area contributed by atoms with Crippen LogP contribution < -0.4 is 10.6 Å². The Labute approximate surface area is 170 Å². The number of nitrogens with zero attached hydrogens (tertiary/aromatic N) is 3. The molecule has 1 aromatic rings. The van der Waals surface area contributed by atoms with Gasteiger partial charge in [-0.2, -0.15) is 5.21 Å². The van der Waals surface area contributed by atoms with Gasteiger partial charge in [-0.3, -0.25) is 4.79 Å². The number of fused-ring (bicyclic) bond motifs is 1. The lowest BCUT2D eigenvalue weighted by Gasteiger charge is -2.42. The van der Waals surface area contributed by atoms with Gasteiger partial charge in [-0.15, -0.1) is 10.2 Å². The van der Waals surface area contributed by atoms with E-state index in [4.69, 9.17) is 9.47 Å². The number of H-pyrrole nitrogens is 1. The largest absolute Gasteiger partial charge is 0.464 e. The number of amides is 1. The van der Waals surface area contributed by atoms with Gasteiger partial charge in [0.25, 0.3) is 0 Å². The first kappa shape index (κ1) is 21.5. The van der Waals surface area contributed by atoms with E-state index in [0.29, 0.717) is 30.7 Å². The Bertz CT molecular complexity index is 641. The number of carbonyl (C=O) groups excluding carboxylic acids is 2. The highest BCUT2D eigenvalue weighted by Gasteiger charge is 2.38. The normalized spacial score (nSPS) is 26.4. The molecule has 162 valence electrons. The third kappa shape index (κ3) is 6.66. The Hall–Kier alpha value is -2.23. The molecule has 1 saturated carbocycles. The van der Waals surface area contributed by atoms with E-state index in [2.05, 4.69) is 31.3 Å². The van der Waals surface area contributed by atoms with E-state index in [1.54, 1.807) is 0 Å². The molecule has 1 aliphatic carbocycles. The van der Waals surface area contributed by atoms with Gasteiger partial charge >= 0.3 is 12.1 Å². The minimum Gasteiger partial charge on any atom is -0.464 e. The summed E-state index contributed by atoms with van der Waals surface area (Å²) in [6.45, 7) is 3.73. The molecule has 0 radical (unpaired) electrons. The molecule has 1 amide bonds. The Morgan fingerprint density at radius 1 is 1.17 bits per heavy atom. The van der Waals surface area contributed by atoms with Gasteiger partial charge in [-0.25, -0.2) is 4.79 Å². The van der Waals surface area contributed by atoms with E-state index in [-0.39, 0.29) is 25.2 Å². The van der Waals surface area contributed by atoms with E-state index in [0.717, 1.165) is 38.1 Å². The number of nitrogens with one attached hydrogen (secondary N) is 3. The fourth-order valence-corrected chi connectivity index (χ4v) is 4.42. The zero-order valence-electron chi connectivity index (χ0n) is 17.1. The predicted molar refractivity (Wildman–Crippen MR) is 104 cm³/mol. The summed E-state index contributed by atoms with van der Waals surface area (Å²) < 4.78 is 10.4. The molecule has 3 rings (SSSR count). The number of carbonyl (C=O) groups is 2. The van der Waals surface area contributed by atoms with Crippen LogP contribution in [0.15, 0.2) is 0 Å². The van der Waals surface area contributed by atoms with Crippen molar-refractivity contribution in [2.24, 2.45) is 17.8 Å². The van der Waals surface area contributed by atoms with Crippen molar-refractivity contribution >= 4 is 12.1 Å². The summed E-state index contributed by atoms with van der Waals surface area (Å²) in [6, 6.07) is -0.239. The third-order valence-electron chi connectivity index (χ3n) is 5.95. The van der Waals surface area contributed by atoms with Crippen LogP contribution in [-0.4, -0.2) is 65.0 Å². The summed E-state index contributed by atoms with van der Waals surface area (Å²) in [5, 5.41) is 20.1. The highest BCUT2D eigenvalue weighted by Crippen LogP contribution is 2.40. The minimum absolute atomic E-state index is 0.199. The van der Waals surface area contributed by atoms with Crippen molar-refractivity contribution in [1.29, 1.82) is 0 Å². The molecule has 3 N–H and O–H groups in total. The second-order valence-electron chi connectivity index (χ2n) is 7.95. The maximum absolute atomic E-state index is 12.4. The number of aryl methyl sites for hydroxylation is 1. The van der Waals surface area contributed by atoms with Crippen LogP contribution in [0.4, 0.5) is 4.79 Å². The molecule has 2 fully saturated rings. The van der Waals surface area contributed by atoms with Gasteiger partial charge in [0, 0.05) is 19.4 Å². The molecule has 1 aromatic heterocycles. The molecule has 10 heteroatoms. The molecule has 0 bridgehead atoms. The van der Waals surface area contributed by atoms with Crippen LogP contribution in [0, 0.1) is 17.8 Å². The van der Waals surface area contributed by atoms with E-state index >= 15 is 0 Å². The molecule has 1 aliphatic heterocycles. The average Bonchev–Trinajstić information content (AvgIpc) is 3.25. The first-order valence-corrected chi connectivity index (χ1v) is 10.7. The monoisotopic (exact) mass is 408 g/mol. The van der Waals surface area contributed by atoms with Crippen LogP contribution in [0.25, 0.3) is 0 Å². The number of aromatic nitrogens is 4. The van der Waals surface area contributed by atoms with E-state index < -0.39 is 6.09 Å². The quantitative estimate of drug-likeness (QED) is 0.410. The zero-order chi connectivity index (χ0) is 20.5. The van der Waals surface area contributed by atoms with E-state index in [1.165, 1.54) is 12.8 Å². The molecular weight excluding hydrogens is 376 g/mol. The molecule has 0 spiro atoms. The van der Waals surface area contributed by atoms with Crippen LogP contribution >= 0.6 is 0 Å². The molecule has 0 aromatic carbocycles. The number of alkyl carbamates (subject to hydrolysis) is 1. The van der Waals surface area contributed by atoms with Gasteiger partial charge in [0.15, 0.2) is 5.82 Å². The number of tetrazole rings is 1. The lowest BCUT2D eigenvalue weighted by atomic mass is 9.69. The average molecular weight is 409 g/mol. The van der Waals surface area contributed by atoms with Crippen LogP contribution in [0.1, 0.15) is 51.3 Å². The lowest BCUT2D eigenvalue weighted by Crippen LogP contribution is -2.50. The Morgan fingerprint density at radius 2 is 2.03 bits per heavy atom. The fourth-order valence-electron chi connectivity index (χ4n) is 4.42. The van der Waals surface area contributed by atoms with Gasteiger partial charge < -0.3 is 20.1 Å². The number of ether oxygens (including phenoxy) is 2. The van der Waals surface area contributed by atoms with Crippen molar-refractivity contribution in [3.05, 3.63) is 5.82 Å². The molecule has 2 heterocycles. The highest BCUT2D eigenvalue weighted by atomic mass is 16.6. The smallest absolute Gasteiger partial charge is 0.407 e. The standard InChI is InChI=1S/C19H32N6O4/c1-2-20-19(27)29-9-3-8-28-18(26)16-11-15-10-13(4-6-14(15)12-21-16)5-7-17-22-24-25-23-17/h13-16,21H,2-12H2,1H3,(H,20,27)(H,22,23,24,25)/t13-,14+,15-,16+/m1/s1. The maximum atomic E-state index is 12.4. The summed E-state index contributed by atoms with van der Waals surface area (Å²) in [4.78, 5) is 23.6. The number of hydrogen-bond acceptors (Lipinski definition) is 8. The van der Waals surface area contributed by atoms with Crippen molar-refractivity contribution in [2.45, 2.75) is 57.9 Å². The first-order valence-electron chi connectivity index (χ1n) is 10.7. The van der Waals surface area contributed by atoms with Crippen LogP contribution in [0.5, 0.6) is 0 Å². The predicted octanol–water partition coefficient (Wildman–Crippen LogP) is 1.21. The second-order valence-corrected chi connectivity index (χ2v) is 7.95. The summed E-state index contributed by atoms with van der Waals surface area (Å²) in [7, 11) is 0. The SMILES string of the molecule is CCNC(=O)OCCCOC(=O)[C@@H]1C[C@H]2C[C@@H](CCc3nn[nH]n3)CC[C@H]2CN1. The molecule has 1 saturated heterocycles. The van der Waals surface area contributed by atoms with Crippen molar-refractivity contribution in [1.82, 2.24) is 31.3 Å². The maximum Gasteiger partial charge on any atom is 0.407 e. The number of hydrogen-bond donors (Lipinski definition) is 3. The summed E-state index contributed by atoms with van der Waals surface area (Å²) >= 11 is 0. The van der Waals surface area contributed by atoms with Gasteiger partial charge in [-0.1, -0.05) is 11.6 Å². The number of aromatic amines is 1. The van der Waals surface area contributed by atoms with Crippen LogP contribution in [0.2, 0.25) is 0 Å². The Morgan fingerprint density at radius 3 is 2.83 bits per heavy atom. The molecule has 4 atom stereocenters. The summed E-state index contributed by atoms with van der Waals surface area (Å²) in [6.07, 6.45) is 6.38. The minimum atomic E-state index is -0.440. The highest BCUT2D eigenvalue weighted by molar-refractivity contribution is 5.76. The van der Waals surface area contributed by atoms with Crippen molar-refractivity contribution in [3.8, 4) is 0 Å². The molecule has 10 nitrogen and oxygen atoms in total. The Balaban J connectivity index is 1.34. The first-order chi connectivity index (χ1) is 14.2. The Kier molecular flexibility index (Phi) is 8.21. The summed E-state index contributed by atoms with van der Waals surface area (Å²) in [5.74, 6) is 2.42. The molecule has 29 heavy (non-hydrogen) atoms. The molecule has 2 aliphatic rings. The van der Waals surface area contributed by atoms with Gasteiger partial charge in [0.1, 0.15) is 6.04 Å². The van der Waals surface area contributed by atoms with E-state index in [9.17, 15) is 9.59 Å². The fraction of sp³-hybridized carbons (Fsp3) is 0.842. The number of rotatable bonds is 9. The lowest BCUT2D eigenvalue weighted by molar-refractivity contribution is -0.148. The van der Waals surface area contributed by atoms with Gasteiger partial charge in [0.05, 0.1) is 13.2 Å². The van der Waals surface area contributed by atoms with Crippen LogP contribution in [0.3, 0.4) is 0 Å². The summed E-state index contributed by atoms with van der Waals surface area (Å²) in [5.41, 5.74) is 0. The number of piperidine rings is 1. The van der Waals surface area contributed by atoms with Gasteiger partial charge in [0.2, 0.25) is 0 Å². The van der Waals surface area contributed by atoms with E-state index in [1.807, 2.05) is 6.92 Å². The van der Waals surface area contributed by atoms with Gasteiger partial charge in [-0.05, 0) is 56.9 Å². The number of esters is 1. The van der Waals surface area contributed by atoms with Crippen LogP contribution in [-0.2, 0) is 20.7 Å². The molecular formula is C19H32N6O4. The topological polar surface area (TPSA) is 131 Å². The third-order valence-corrected chi connectivity index (χ3v) is 5.95. The van der Waals surface area contributed by atoms with Crippen molar-refractivity contribution < 1.29 is 19.1 Å². The zero-order valence-corrected chi connectivity index (χ0v) is 17.1. The second kappa shape index (κ2) is 11.1. The molecule has 0 unspecified atom stereocenters. The van der Waals surface area contributed by atoms with Crippen molar-refractivity contribution in [3.63, 3.8) is 0 Å². The van der Waals surface area contributed by atoms with Crippen molar-refractivity contribution in [2.75, 3.05) is 26.3 Å².